The minimum Gasteiger partial charge on any atom is -0.451 e. The number of amides is 1. The van der Waals surface area contributed by atoms with Crippen molar-refractivity contribution < 1.29 is 22.0 Å². The Balaban J connectivity index is 2.28. The van der Waals surface area contributed by atoms with Gasteiger partial charge in [0.1, 0.15) is 11.4 Å². The second kappa shape index (κ2) is 5.24. The highest BCUT2D eigenvalue weighted by Crippen LogP contribution is 2.20. The van der Waals surface area contributed by atoms with Gasteiger partial charge in [-0.15, -0.1) is 0 Å². The van der Waals surface area contributed by atoms with Crippen LogP contribution in [0.1, 0.15) is 30.8 Å². The average molecular weight is 299 g/mol. The molecule has 1 amide bonds. The van der Waals surface area contributed by atoms with Crippen LogP contribution in [-0.2, 0) is 10.0 Å². The van der Waals surface area contributed by atoms with Gasteiger partial charge in [0.2, 0.25) is 10.0 Å². The second-order valence-electron chi connectivity index (χ2n) is 4.49. The van der Waals surface area contributed by atoms with Gasteiger partial charge in [0.25, 0.3) is 5.91 Å². The van der Waals surface area contributed by atoms with Gasteiger partial charge in [0.15, 0.2) is 5.76 Å². The van der Waals surface area contributed by atoms with Crippen molar-refractivity contribution in [2.45, 2.75) is 25.5 Å². The fraction of sp³-hybridized carbons (Fsp3) is 0.308. The molecule has 0 aliphatic rings. The van der Waals surface area contributed by atoms with Crippen molar-refractivity contribution in [3.05, 3.63) is 35.8 Å². The lowest BCUT2D eigenvalue weighted by molar-refractivity contribution is 0.0956. The largest absolute Gasteiger partial charge is 0.451 e. The molecule has 2 aromatic rings. The van der Waals surface area contributed by atoms with Crippen LogP contribution in [0.15, 0.2) is 28.7 Å². The number of hydrogen-bond donors (Lipinski definition) is 1. The van der Waals surface area contributed by atoms with Gasteiger partial charge in [-0.25, -0.2) is 17.5 Å². The van der Waals surface area contributed by atoms with Crippen molar-refractivity contribution in [1.29, 1.82) is 0 Å². The Morgan fingerprint density at radius 2 is 2.10 bits per heavy atom. The number of halogens is 1. The third-order valence-corrected chi connectivity index (χ3v) is 4.90. The molecule has 0 aliphatic heterocycles. The number of carbonyl (C=O) groups is 1. The van der Waals surface area contributed by atoms with Gasteiger partial charge in [0, 0.05) is 5.39 Å². The summed E-state index contributed by atoms with van der Waals surface area (Å²) in [7, 11) is -3.74. The molecule has 0 fully saturated rings. The van der Waals surface area contributed by atoms with Gasteiger partial charge in [-0.3, -0.25) is 4.79 Å². The summed E-state index contributed by atoms with van der Waals surface area (Å²) in [4.78, 5) is 11.9. The predicted octanol–water partition coefficient (Wildman–Crippen LogP) is 2.43. The number of benzene rings is 1. The number of fused-ring (bicyclic) bond motifs is 1. The summed E-state index contributed by atoms with van der Waals surface area (Å²) in [5.74, 6) is -1.49. The summed E-state index contributed by atoms with van der Waals surface area (Å²) in [6, 6.07) is 5.09. The molecule has 1 N–H and O–H groups in total. The van der Waals surface area contributed by atoms with Crippen LogP contribution in [0.3, 0.4) is 0 Å². The summed E-state index contributed by atoms with van der Waals surface area (Å²) in [6.07, 6.45) is 0.383. The fourth-order valence-corrected chi connectivity index (χ4v) is 2.62. The van der Waals surface area contributed by atoms with Crippen LogP contribution in [0.2, 0.25) is 0 Å². The molecular weight excluding hydrogens is 285 g/mol. The topological polar surface area (TPSA) is 76.4 Å². The maximum Gasteiger partial charge on any atom is 0.300 e. The van der Waals surface area contributed by atoms with Crippen LogP contribution in [0.25, 0.3) is 11.0 Å². The van der Waals surface area contributed by atoms with E-state index in [-0.39, 0.29) is 5.76 Å². The first-order chi connectivity index (χ1) is 9.33. The first-order valence-corrected chi connectivity index (χ1v) is 7.63. The molecule has 0 unspecified atom stereocenters. The lowest BCUT2D eigenvalue weighted by Crippen LogP contribution is -2.36. The number of rotatable bonds is 4. The Morgan fingerprint density at radius 3 is 2.75 bits per heavy atom. The molecule has 0 saturated heterocycles. The summed E-state index contributed by atoms with van der Waals surface area (Å²) in [5.41, 5.74) is 0.317. The van der Waals surface area contributed by atoms with E-state index in [4.69, 9.17) is 4.42 Å². The van der Waals surface area contributed by atoms with Crippen molar-refractivity contribution in [3.63, 3.8) is 0 Å². The molecule has 1 atom stereocenters. The molecule has 108 valence electrons. The second-order valence-corrected chi connectivity index (χ2v) is 6.59. The Bertz CT molecular complexity index is 751. The van der Waals surface area contributed by atoms with Gasteiger partial charge in [-0.05, 0) is 37.6 Å². The van der Waals surface area contributed by atoms with E-state index >= 15 is 0 Å². The molecule has 0 spiro atoms. The number of carbonyl (C=O) groups excluding carboxylic acids is 1. The van der Waals surface area contributed by atoms with Crippen LogP contribution < -0.4 is 4.72 Å². The third kappa shape index (κ3) is 2.82. The average Bonchev–Trinajstić information content (AvgIpc) is 2.80. The Morgan fingerprint density at radius 1 is 1.40 bits per heavy atom. The van der Waals surface area contributed by atoms with Gasteiger partial charge < -0.3 is 4.42 Å². The number of sulfonamides is 1. The number of hydrogen-bond acceptors (Lipinski definition) is 4. The first-order valence-electron chi connectivity index (χ1n) is 6.08. The Hall–Kier alpha value is -1.89. The third-order valence-electron chi connectivity index (χ3n) is 3.04. The molecule has 0 bridgehead atoms. The van der Waals surface area contributed by atoms with Crippen LogP contribution in [-0.4, -0.2) is 19.6 Å². The molecule has 2 rings (SSSR count). The minimum atomic E-state index is -3.74. The van der Waals surface area contributed by atoms with Crippen molar-refractivity contribution in [2.24, 2.45) is 0 Å². The maximum atomic E-state index is 13.0. The zero-order valence-corrected chi connectivity index (χ0v) is 11.8. The van der Waals surface area contributed by atoms with E-state index < -0.39 is 27.0 Å². The van der Waals surface area contributed by atoms with Gasteiger partial charge in [-0.2, -0.15) is 0 Å². The van der Waals surface area contributed by atoms with Crippen LogP contribution in [0, 0.1) is 5.82 Å². The van der Waals surface area contributed by atoms with Gasteiger partial charge in [-0.1, -0.05) is 6.92 Å². The molecule has 0 saturated carbocycles. The summed E-state index contributed by atoms with van der Waals surface area (Å²) in [6.45, 7) is 3.21. The van der Waals surface area contributed by atoms with E-state index in [1.165, 1.54) is 31.2 Å². The molecule has 1 heterocycles. The monoisotopic (exact) mass is 299 g/mol. The quantitative estimate of drug-likeness (QED) is 0.940. The van der Waals surface area contributed by atoms with E-state index in [1.807, 2.05) is 4.72 Å². The van der Waals surface area contributed by atoms with Crippen LogP contribution >= 0.6 is 0 Å². The van der Waals surface area contributed by atoms with E-state index in [2.05, 4.69) is 0 Å². The van der Waals surface area contributed by atoms with E-state index in [9.17, 15) is 17.6 Å². The molecule has 1 aromatic carbocycles. The van der Waals surface area contributed by atoms with Gasteiger partial charge in [0.05, 0.1) is 5.25 Å². The summed E-state index contributed by atoms with van der Waals surface area (Å²) in [5, 5.41) is -0.288. The predicted molar refractivity (Wildman–Crippen MR) is 72.3 cm³/mol. The molecule has 5 nitrogen and oxygen atoms in total. The minimum absolute atomic E-state index is 0.169. The van der Waals surface area contributed by atoms with Crippen LogP contribution in [0.5, 0.6) is 0 Å². The maximum absolute atomic E-state index is 13.0. The molecule has 20 heavy (non-hydrogen) atoms. The SMILES string of the molecule is CC[C@H](C)S(=O)(=O)NC(=O)c1cc2cc(F)ccc2o1. The lowest BCUT2D eigenvalue weighted by atomic mass is 10.2. The number of nitrogens with one attached hydrogen (secondary N) is 1. The van der Waals surface area contributed by atoms with Crippen LogP contribution in [0.4, 0.5) is 4.39 Å². The van der Waals surface area contributed by atoms with E-state index in [0.29, 0.717) is 17.4 Å². The lowest BCUT2D eigenvalue weighted by Gasteiger charge is -2.10. The zero-order chi connectivity index (χ0) is 14.9. The van der Waals surface area contributed by atoms with Crippen molar-refractivity contribution in [1.82, 2.24) is 4.72 Å². The van der Waals surface area contributed by atoms with E-state index in [0.717, 1.165) is 0 Å². The fourth-order valence-electron chi connectivity index (χ4n) is 1.63. The van der Waals surface area contributed by atoms with Crippen molar-refractivity contribution >= 4 is 26.9 Å². The summed E-state index contributed by atoms with van der Waals surface area (Å²) >= 11 is 0. The standard InChI is InChI=1S/C13H14FNO4S/c1-3-8(2)20(17,18)15-13(16)12-7-9-6-10(14)4-5-11(9)19-12/h4-8H,3H2,1-2H3,(H,15,16)/t8-/m0/s1. The normalized spacial score (nSPS) is 13.3. The zero-order valence-electron chi connectivity index (χ0n) is 11.0. The molecule has 1 aromatic heterocycles. The smallest absolute Gasteiger partial charge is 0.300 e. The highest BCUT2D eigenvalue weighted by Gasteiger charge is 2.24. The van der Waals surface area contributed by atoms with Crippen molar-refractivity contribution in [3.8, 4) is 0 Å². The highest BCUT2D eigenvalue weighted by atomic mass is 32.2. The molecule has 0 aliphatic carbocycles. The molecular formula is C13H14FNO4S. The summed E-state index contributed by atoms with van der Waals surface area (Å²) < 4.78 is 43.7. The van der Waals surface area contributed by atoms with Gasteiger partial charge >= 0.3 is 0 Å². The Labute approximate surface area is 115 Å². The molecule has 7 heteroatoms. The molecule has 0 radical (unpaired) electrons. The highest BCUT2D eigenvalue weighted by molar-refractivity contribution is 7.90. The first kappa shape index (κ1) is 14.5. The van der Waals surface area contributed by atoms with Crippen molar-refractivity contribution in [2.75, 3.05) is 0 Å². The van der Waals surface area contributed by atoms with E-state index in [1.54, 1.807) is 6.92 Å². The Kier molecular flexibility index (Phi) is 3.80. The number of furan rings is 1.